The van der Waals surface area contributed by atoms with Crippen molar-refractivity contribution in [2.45, 2.75) is 13.3 Å². The van der Waals surface area contributed by atoms with E-state index < -0.39 is 0 Å². The van der Waals surface area contributed by atoms with Crippen LogP contribution in [0.1, 0.15) is 18.1 Å². The lowest BCUT2D eigenvalue weighted by Gasteiger charge is -2.06. The summed E-state index contributed by atoms with van der Waals surface area (Å²) in [6.07, 6.45) is 4.92. The van der Waals surface area contributed by atoms with Crippen LogP contribution in [0.2, 0.25) is 0 Å². The topological polar surface area (TPSA) is 0 Å². The fourth-order valence-electron chi connectivity index (χ4n) is 1.42. The lowest BCUT2D eigenvalue weighted by atomic mass is 9.99. The van der Waals surface area contributed by atoms with Crippen molar-refractivity contribution in [2.24, 2.45) is 0 Å². The average Bonchev–Trinajstić information content (AvgIpc) is 2.25. The zero-order chi connectivity index (χ0) is 11.3. The summed E-state index contributed by atoms with van der Waals surface area (Å²) < 4.78 is 0.859. The van der Waals surface area contributed by atoms with E-state index in [2.05, 4.69) is 54.2 Å². The number of halogens is 1. The van der Waals surface area contributed by atoms with Crippen LogP contribution in [0.25, 0.3) is 5.57 Å². The molecule has 0 fully saturated rings. The second-order valence-corrected chi connectivity index (χ2v) is 4.33. The molecule has 1 aromatic rings. The number of aryl methyl sites for hydroxylation is 1. The van der Waals surface area contributed by atoms with E-state index >= 15 is 0 Å². The van der Waals surface area contributed by atoms with Crippen LogP contribution in [0.15, 0.2) is 54.1 Å². The van der Waals surface area contributed by atoms with Crippen molar-refractivity contribution < 1.29 is 0 Å². The minimum atomic E-state index is 0.859. The minimum Gasteiger partial charge on any atom is -0.0911 e. The molecule has 0 radical (unpaired) electrons. The van der Waals surface area contributed by atoms with Crippen LogP contribution in [0.5, 0.6) is 0 Å². The van der Waals surface area contributed by atoms with Gasteiger partial charge in [0.2, 0.25) is 0 Å². The molecule has 0 aliphatic carbocycles. The Labute approximate surface area is 100 Å². The van der Waals surface area contributed by atoms with Gasteiger partial charge in [-0.25, -0.2) is 0 Å². The third kappa shape index (κ3) is 3.52. The fraction of sp³-hybridized carbons (Fsp3) is 0.143. The average molecular weight is 263 g/mol. The molecule has 0 aromatic heterocycles. The molecule has 1 heteroatoms. The molecule has 0 saturated carbocycles. The van der Waals surface area contributed by atoms with Gasteiger partial charge in [-0.05, 0) is 29.2 Å². The molecule has 0 aliphatic rings. The Hall–Kier alpha value is -1.08. The van der Waals surface area contributed by atoms with Crippen LogP contribution < -0.4 is 0 Å². The van der Waals surface area contributed by atoms with E-state index in [0.717, 1.165) is 16.5 Å². The molecular formula is C14H15Br. The van der Waals surface area contributed by atoms with E-state index in [1.165, 1.54) is 11.1 Å². The van der Waals surface area contributed by atoms with E-state index in [4.69, 9.17) is 0 Å². The first-order chi connectivity index (χ1) is 7.15. The molecule has 0 heterocycles. The Balaban J connectivity index is 2.95. The molecule has 15 heavy (non-hydrogen) atoms. The van der Waals surface area contributed by atoms with Crippen LogP contribution in [0.3, 0.4) is 0 Å². The summed E-state index contributed by atoms with van der Waals surface area (Å²) in [6.45, 7) is 9.96. The molecule has 0 amide bonds. The largest absolute Gasteiger partial charge is 0.0911 e. The Morgan fingerprint density at radius 3 is 2.53 bits per heavy atom. The molecule has 0 nitrogen and oxygen atoms in total. The molecule has 1 aromatic carbocycles. The smallest absolute Gasteiger partial charge is 0.0103 e. The highest BCUT2D eigenvalue weighted by molar-refractivity contribution is 9.11. The number of allylic oxidation sites excluding steroid dienone is 4. The first-order valence-corrected chi connectivity index (χ1v) is 5.74. The van der Waals surface area contributed by atoms with E-state index in [9.17, 15) is 0 Å². The molecule has 0 N–H and O–H groups in total. The highest BCUT2D eigenvalue weighted by atomic mass is 79.9. The van der Waals surface area contributed by atoms with Crippen molar-refractivity contribution in [3.8, 4) is 0 Å². The molecule has 0 saturated heterocycles. The molecule has 0 atom stereocenters. The molecule has 78 valence electrons. The van der Waals surface area contributed by atoms with Gasteiger partial charge in [0.15, 0.2) is 0 Å². The Bertz CT molecular complexity index is 400. The summed E-state index contributed by atoms with van der Waals surface area (Å²) in [5.41, 5.74) is 3.56. The summed E-state index contributed by atoms with van der Waals surface area (Å²) in [6, 6.07) is 8.33. The second-order valence-electron chi connectivity index (χ2n) is 3.32. The van der Waals surface area contributed by atoms with Crippen molar-refractivity contribution >= 4 is 21.5 Å². The Kier molecular flexibility index (Phi) is 4.57. The third-order valence-electron chi connectivity index (χ3n) is 2.21. The fourth-order valence-corrected chi connectivity index (χ4v) is 1.55. The summed E-state index contributed by atoms with van der Waals surface area (Å²) in [4.78, 5) is 0. The zero-order valence-corrected chi connectivity index (χ0v) is 10.5. The van der Waals surface area contributed by atoms with E-state index in [1.807, 2.05) is 18.2 Å². The molecule has 0 spiro atoms. The van der Waals surface area contributed by atoms with Crippen molar-refractivity contribution in [3.63, 3.8) is 0 Å². The minimum absolute atomic E-state index is 0.859. The summed E-state index contributed by atoms with van der Waals surface area (Å²) in [5.74, 6) is 0. The standard InChI is InChI=1S/C14H15Br/c1-4-13-7-5-6-8-14(13)11(2)9-10-12(3)15/h5-10H,2-4H2,1H3/b10-9-. The second kappa shape index (κ2) is 5.72. The predicted molar refractivity (Wildman–Crippen MR) is 72.1 cm³/mol. The van der Waals surface area contributed by atoms with E-state index in [-0.39, 0.29) is 0 Å². The predicted octanol–water partition coefficient (Wildman–Crippen LogP) is 4.73. The molecular weight excluding hydrogens is 248 g/mol. The van der Waals surface area contributed by atoms with Crippen molar-refractivity contribution in [2.75, 3.05) is 0 Å². The van der Waals surface area contributed by atoms with Gasteiger partial charge in [-0.3, -0.25) is 0 Å². The maximum atomic E-state index is 4.06. The van der Waals surface area contributed by atoms with E-state index in [1.54, 1.807) is 0 Å². The van der Waals surface area contributed by atoms with Crippen LogP contribution in [-0.2, 0) is 6.42 Å². The number of rotatable bonds is 4. The lowest BCUT2D eigenvalue weighted by molar-refractivity contribution is 1.13. The van der Waals surface area contributed by atoms with Gasteiger partial charge in [-0.2, -0.15) is 0 Å². The monoisotopic (exact) mass is 262 g/mol. The molecule has 0 unspecified atom stereocenters. The van der Waals surface area contributed by atoms with Gasteiger partial charge in [0.1, 0.15) is 0 Å². The van der Waals surface area contributed by atoms with Gasteiger partial charge < -0.3 is 0 Å². The number of hydrogen-bond donors (Lipinski definition) is 0. The Morgan fingerprint density at radius 2 is 1.93 bits per heavy atom. The van der Waals surface area contributed by atoms with Gasteiger partial charge in [0, 0.05) is 4.48 Å². The van der Waals surface area contributed by atoms with Gasteiger partial charge in [-0.1, -0.05) is 66.4 Å². The first-order valence-electron chi connectivity index (χ1n) is 4.94. The normalized spacial score (nSPS) is 10.5. The maximum Gasteiger partial charge on any atom is 0.0103 e. The number of benzene rings is 1. The first kappa shape index (κ1) is 12.0. The van der Waals surface area contributed by atoms with Crippen LogP contribution in [0.4, 0.5) is 0 Å². The van der Waals surface area contributed by atoms with Crippen molar-refractivity contribution in [3.05, 3.63) is 65.2 Å². The van der Waals surface area contributed by atoms with Crippen LogP contribution >= 0.6 is 15.9 Å². The highest BCUT2D eigenvalue weighted by Crippen LogP contribution is 2.20. The maximum absolute atomic E-state index is 4.06. The van der Waals surface area contributed by atoms with E-state index in [0.29, 0.717) is 0 Å². The number of hydrogen-bond acceptors (Lipinski definition) is 0. The third-order valence-corrected chi connectivity index (χ3v) is 2.47. The molecule has 1 rings (SSSR count). The summed E-state index contributed by atoms with van der Waals surface area (Å²) in [7, 11) is 0. The molecule has 0 aliphatic heterocycles. The highest BCUT2D eigenvalue weighted by Gasteiger charge is 2.00. The van der Waals surface area contributed by atoms with Crippen LogP contribution in [-0.4, -0.2) is 0 Å². The zero-order valence-electron chi connectivity index (χ0n) is 8.96. The van der Waals surface area contributed by atoms with Crippen LogP contribution in [0, 0.1) is 0 Å². The quantitative estimate of drug-likeness (QED) is 0.689. The van der Waals surface area contributed by atoms with Crippen molar-refractivity contribution in [1.29, 1.82) is 0 Å². The van der Waals surface area contributed by atoms with Gasteiger partial charge in [-0.15, -0.1) is 0 Å². The van der Waals surface area contributed by atoms with Gasteiger partial charge in [0.25, 0.3) is 0 Å². The summed E-state index contributed by atoms with van der Waals surface area (Å²) >= 11 is 3.29. The van der Waals surface area contributed by atoms with Crippen molar-refractivity contribution in [1.82, 2.24) is 0 Å². The van der Waals surface area contributed by atoms with Gasteiger partial charge >= 0.3 is 0 Å². The lowest BCUT2D eigenvalue weighted by Crippen LogP contribution is -1.88. The SMILES string of the molecule is C=C(Br)/C=C\C(=C)c1ccccc1CC. The Morgan fingerprint density at radius 1 is 1.27 bits per heavy atom. The van der Waals surface area contributed by atoms with Gasteiger partial charge in [0.05, 0.1) is 0 Å². The molecule has 0 bridgehead atoms. The summed E-state index contributed by atoms with van der Waals surface area (Å²) in [5, 5.41) is 0.